The molecule has 0 radical (unpaired) electrons. The first-order chi connectivity index (χ1) is 39.8. The van der Waals surface area contributed by atoms with E-state index in [1.54, 1.807) is 0 Å². The van der Waals surface area contributed by atoms with Crippen molar-refractivity contribution < 1.29 is 58.9 Å². The highest BCUT2D eigenvalue weighted by atomic mass is 16.6. The standard InChI is InChI=1S/C59H99N9O14/c1-3-5-7-9-11-13-15-17-19-21-23-25-27-29-31-33-51(71)79-42-49(81-52(72)34-32-30-28-26-24-22-20-18-16-14-12-10-8-6-4-2)57(77)60-36-43-37-66(64-62-43)40-47-46(70)35-50(80-47)67-38-44(56(76)61-59(67)78)45-39-68(65-63-45)58-55(75)54(74)53(73)48(41-69)82-58/h37-39,46-50,53-55,58,69-70,73-75H,3-36,40-42H2,1-2H3,(H,60,77)(H,61,76,78)/t46-,47+,48+,49?,50+,53+,54-,55+,58+/m0/s1. The predicted molar refractivity (Wildman–Crippen MR) is 306 cm³/mol. The van der Waals surface area contributed by atoms with Crippen LogP contribution in [0.15, 0.2) is 28.2 Å². The molecular formula is C59H99N9O14. The second-order valence-corrected chi connectivity index (χ2v) is 22.7. The smallest absolute Gasteiger partial charge is 0.330 e. The van der Waals surface area contributed by atoms with Gasteiger partial charge in [-0.15, -0.1) is 10.2 Å². The number of H-pyrrole nitrogens is 1. The monoisotopic (exact) mass is 1160 g/mol. The van der Waals surface area contributed by atoms with E-state index in [1.807, 2.05) is 0 Å². The molecule has 3 aromatic heterocycles. The van der Waals surface area contributed by atoms with E-state index in [1.165, 1.54) is 165 Å². The molecule has 0 aromatic carbocycles. The Hall–Kier alpha value is -4.91. The average molecular weight is 1160 g/mol. The minimum Gasteiger partial charge on any atom is -0.461 e. The molecule has 1 unspecified atom stereocenters. The lowest BCUT2D eigenvalue weighted by molar-refractivity contribution is -0.254. The summed E-state index contributed by atoms with van der Waals surface area (Å²) in [6.45, 7) is 3.25. The van der Waals surface area contributed by atoms with Crippen molar-refractivity contribution in [3.05, 3.63) is 45.1 Å². The van der Waals surface area contributed by atoms with E-state index >= 15 is 0 Å². The van der Waals surface area contributed by atoms with Gasteiger partial charge in [0.1, 0.15) is 54.7 Å². The molecule has 2 fully saturated rings. The molecule has 23 nitrogen and oxygen atoms in total. The Labute approximate surface area is 483 Å². The fraction of sp³-hybridized carbons (Fsp3) is 0.814. The fourth-order valence-corrected chi connectivity index (χ4v) is 10.6. The van der Waals surface area contributed by atoms with E-state index in [0.29, 0.717) is 18.5 Å². The van der Waals surface area contributed by atoms with Crippen molar-refractivity contribution in [2.45, 2.75) is 294 Å². The molecule has 23 heteroatoms. The number of ether oxygens (including phenoxy) is 4. The molecule has 0 aliphatic carbocycles. The van der Waals surface area contributed by atoms with Crippen molar-refractivity contribution in [1.82, 2.24) is 44.9 Å². The fourth-order valence-electron chi connectivity index (χ4n) is 10.6. The maximum Gasteiger partial charge on any atom is 0.330 e. The first-order valence-electron chi connectivity index (χ1n) is 31.3. The third kappa shape index (κ3) is 24.0. The molecule has 0 spiro atoms. The maximum atomic E-state index is 13.6. The number of aliphatic hydroxyl groups is 5. The summed E-state index contributed by atoms with van der Waals surface area (Å²) in [6.07, 6.45) is 28.2. The average Bonchev–Trinajstić information content (AvgIpc) is 4.43. The summed E-state index contributed by atoms with van der Waals surface area (Å²) in [5.41, 5.74) is -1.54. The van der Waals surface area contributed by atoms with Crippen LogP contribution in [0.4, 0.5) is 0 Å². The third-order valence-electron chi connectivity index (χ3n) is 15.7. The van der Waals surface area contributed by atoms with Crippen molar-refractivity contribution in [2.75, 3.05) is 13.2 Å². The summed E-state index contributed by atoms with van der Waals surface area (Å²) in [5, 5.41) is 70.5. The number of unbranched alkanes of at least 4 members (excludes halogenated alkanes) is 28. The zero-order chi connectivity index (χ0) is 58.9. The quantitative estimate of drug-likeness (QED) is 0.0216. The zero-order valence-corrected chi connectivity index (χ0v) is 49.1. The summed E-state index contributed by atoms with van der Waals surface area (Å²) in [6, 6.07) is 0. The minimum absolute atomic E-state index is 0.0220. The Bertz CT molecular complexity index is 2380. The Kier molecular flexibility index (Phi) is 32.2. The van der Waals surface area contributed by atoms with E-state index in [0.717, 1.165) is 47.8 Å². The first-order valence-corrected chi connectivity index (χ1v) is 31.3. The number of aromatic nitrogens is 8. The topological polar surface area (TPSA) is 318 Å². The molecule has 0 bridgehead atoms. The van der Waals surface area contributed by atoms with Crippen LogP contribution < -0.4 is 16.6 Å². The van der Waals surface area contributed by atoms with Crippen LogP contribution in [0, 0.1) is 0 Å². The summed E-state index contributed by atoms with van der Waals surface area (Å²) in [4.78, 5) is 67.8. The molecule has 3 aromatic rings. The Morgan fingerprint density at radius 3 is 1.71 bits per heavy atom. The van der Waals surface area contributed by atoms with Crippen LogP contribution in [0.25, 0.3) is 11.3 Å². The Morgan fingerprint density at radius 2 is 1.17 bits per heavy atom. The van der Waals surface area contributed by atoms with Gasteiger partial charge in [-0.2, -0.15) is 0 Å². The van der Waals surface area contributed by atoms with Crippen LogP contribution >= 0.6 is 0 Å². The molecule has 464 valence electrons. The molecule has 9 atom stereocenters. The number of esters is 2. The van der Waals surface area contributed by atoms with Crippen LogP contribution in [0.2, 0.25) is 0 Å². The van der Waals surface area contributed by atoms with Gasteiger partial charge in [0.05, 0.1) is 43.8 Å². The van der Waals surface area contributed by atoms with Gasteiger partial charge < -0.3 is 49.8 Å². The maximum absolute atomic E-state index is 13.6. The van der Waals surface area contributed by atoms with Crippen molar-refractivity contribution >= 4 is 17.8 Å². The molecule has 2 saturated heterocycles. The summed E-state index contributed by atoms with van der Waals surface area (Å²) in [5.74, 6) is -1.68. The second kappa shape index (κ2) is 38.8. The number of aliphatic hydroxyl groups excluding tert-OH is 5. The van der Waals surface area contributed by atoms with Crippen LogP contribution in [-0.4, -0.2) is 139 Å². The number of nitrogens with zero attached hydrogens (tertiary/aromatic N) is 7. The molecule has 5 heterocycles. The number of amides is 1. The van der Waals surface area contributed by atoms with Gasteiger partial charge >= 0.3 is 17.6 Å². The predicted octanol–water partition coefficient (Wildman–Crippen LogP) is 7.30. The number of hydrogen-bond acceptors (Lipinski definition) is 18. The number of carbonyl (C=O) groups excluding carboxylic acids is 3. The summed E-state index contributed by atoms with van der Waals surface area (Å²) >= 11 is 0. The largest absolute Gasteiger partial charge is 0.461 e. The van der Waals surface area contributed by atoms with Gasteiger partial charge in [0.25, 0.3) is 11.5 Å². The SMILES string of the molecule is CCCCCCCCCCCCCCCCCC(=O)OCC(OC(=O)CCCCCCCCCCCCCCCCC)C(=O)NCc1cn(C[C@H]2O[C@@H](n3cc(-c4cn([C@@H]5O[C@H](CO)[C@@H](O)[C@H](O)[C@H]5O)nn4)c(=O)[nH]c3=O)C[C@@H]2O)nn1. The van der Waals surface area contributed by atoms with E-state index in [4.69, 9.17) is 18.9 Å². The first kappa shape index (κ1) is 67.9. The van der Waals surface area contributed by atoms with Gasteiger partial charge in [0.2, 0.25) is 6.10 Å². The van der Waals surface area contributed by atoms with Gasteiger partial charge in [-0.1, -0.05) is 204 Å². The van der Waals surface area contributed by atoms with Crippen molar-refractivity contribution in [3.63, 3.8) is 0 Å². The van der Waals surface area contributed by atoms with Gasteiger partial charge in [-0.3, -0.25) is 28.7 Å². The van der Waals surface area contributed by atoms with Crippen molar-refractivity contribution in [2.24, 2.45) is 0 Å². The highest BCUT2D eigenvalue weighted by molar-refractivity contribution is 5.84. The summed E-state index contributed by atoms with van der Waals surface area (Å²) in [7, 11) is 0. The van der Waals surface area contributed by atoms with Crippen molar-refractivity contribution in [1.29, 1.82) is 0 Å². The minimum atomic E-state index is -1.69. The Balaban J connectivity index is 1.06. The molecule has 82 heavy (non-hydrogen) atoms. The number of hydrogen-bond donors (Lipinski definition) is 7. The molecule has 7 N–H and O–H groups in total. The molecular weight excluding hydrogens is 1060 g/mol. The van der Waals surface area contributed by atoms with Gasteiger partial charge in [-0.05, 0) is 12.8 Å². The normalized spacial score (nSPS) is 21.2. The van der Waals surface area contributed by atoms with Crippen LogP contribution in [0.3, 0.4) is 0 Å². The van der Waals surface area contributed by atoms with E-state index in [2.05, 4.69) is 44.8 Å². The molecule has 0 saturated carbocycles. The summed E-state index contributed by atoms with van der Waals surface area (Å²) < 4.78 is 26.3. The zero-order valence-electron chi connectivity index (χ0n) is 49.1. The third-order valence-corrected chi connectivity index (χ3v) is 15.7. The second-order valence-electron chi connectivity index (χ2n) is 22.7. The van der Waals surface area contributed by atoms with Gasteiger partial charge in [-0.25, -0.2) is 14.2 Å². The lowest BCUT2D eigenvalue weighted by Gasteiger charge is -2.39. The highest BCUT2D eigenvalue weighted by Gasteiger charge is 2.45. The van der Waals surface area contributed by atoms with E-state index in [9.17, 15) is 49.5 Å². The number of carbonyl (C=O) groups is 3. The van der Waals surface area contributed by atoms with E-state index < -0.39 is 97.5 Å². The number of nitrogens with one attached hydrogen (secondary N) is 2. The molecule has 5 rings (SSSR count). The lowest BCUT2D eigenvalue weighted by atomic mass is 9.98. The number of rotatable bonds is 44. The number of aromatic amines is 1. The van der Waals surface area contributed by atoms with Crippen LogP contribution in [0.5, 0.6) is 0 Å². The molecule has 2 aliphatic heterocycles. The van der Waals surface area contributed by atoms with Gasteiger partial charge in [0.15, 0.2) is 6.23 Å². The van der Waals surface area contributed by atoms with Crippen LogP contribution in [0.1, 0.15) is 244 Å². The lowest BCUT2D eigenvalue weighted by Crippen LogP contribution is -2.56. The highest BCUT2D eigenvalue weighted by Crippen LogP contribution is 2.31. The Morgan fingerprint density at radius 1 is 0.646 bits per heavy atom. The van der Waals surface area contributed by atoms with Gasteiger partial charge in [0, 0.05) is 25.5 Å². The van der Waals surface area contributed by atoms with Crippen LogP contribution in [-0.2, 0) is 46.4 Å². The van der Waals surface area contributed by atoms with Crippen molar-refractivity contribution in [3.8, 4) is 11.3 Å². The molecule has 2 aliphatic rings. The molecule has 1 amide bonds. The van der Waals surface area contributed by atoms with E-state index in [-0.39, 0.29) is 43.6 Å².